The topological polar surface area (TPSA) is 127 Å². The van der Waals surface area contributed by atoms with Crippen molar-refractivity contribution < 1.29 is 32.3 Å². The average molecular weight is 561 g/mol. The quantitative estimate of drug-likeness (QED) is 0.216. The van der Waals surface area contributed by atoms with Crippen molar-refractivity contribution >= 4 is 23.4 Å². The van der Waals surface area contributed by atoms with Crippen molar-refractivity contribution in [3.05, 3.63) is 92.6 Å². The number of benzene rings is 1. The van der Waals surface area contributed by atoms with E-state index in [0.29, 0.717) is 16.3 Å². The van der Waals surface area contributed by atoms with Gasteiger partial charge in [0.2, 0.25) is 0 Å². The number of ketones is 1. The number of nitriles is 1. The maximum atomic E-state index is 13.5. The SMILES string of the molecule is Cc1cc(C#N)cc(C(=O)O)c1CC(=O)c1cc(Cn2nc(C(F)F)cc2C(F)F)nn1-c1ncccc1Cl. The molecule has 4 aromatic rings. The van der Waals surface area contributed by atoms with Crippen LogP contribution in [-0.2, 0) is 13.0 Å². The summed E-state index contributed by atoms with van der Waals surface area (Å²) in [6.45, 7) is 1.07. The van der Waals surface area contributed by atoms with E-state index in [0.717, 1.165) is 10.7 Å². The summed E-state index contributed by atoms with van der Waals surface area (Å²) in [4.78, 5) is 29.5. The zero-order valence-electron chi connectivity index (χ0n) is 19.9. The Bertz CT molecular complexity index is 1630. The molecule has 3 aromatic heterocycles. The predicted octanol–water partition coefficient (Wildman–Crippen LogP) is 5.34. The molecule has 39 heavy (non-hydrogen) atoms. The lowest BCUT2D eigenvalue weighted by Gasteiger charge is -2.11. The highest BCUT2D eigenvalue weighted by Gasteiger charge is 2.25. The van der Waals surface area contributed by atoms with Gasteiger partial charge in [-0.3, -0.25) is 9.48 Å². The monoisotopic (exact) mass is 560 g/mol. The molecular formula is C25H17ClF4N6O3. The Morgan fingerprint density at radius 1 is 1.13 bits per heavy atom. The zero-order chi connectivity index (χ0) is 28.4. The summed E-state index contributed by atoms with van der Waals surface area (Å²) in [6, 6.07) is 9.30. The van der Waals surface area contributed by atoms with Crippen LogP contribution >= 0.6 is 11.6 Å². The summed E-state index contributed by atoms with van der Waals surface area (Å²) in [5, 5.41) is 26.7. The van der Waals surface area contributed by atoms with E-state index in [1.165, 1.54) is 30.5 Å². The molecule has 0 unspecified atom stereocenters. The van der Waals surface area contributed by atoms with Gasteiger partial charge in [0.15, 0.2) is 11.6 Å². The molecule has 0 aliphatic carbocycles. The van der Waals surface area contributed by atoms with Crippen LogP contribution in [0.2, 0.25) is 5.02 Å². The number of aryl methyl sites for hydroxylation is 1. The van der Waals surface area contributed by atoms with Crippen LogP contribution in [0.4, 0.5) is 17.6 Å². The number of hydrogen-bond acceptors (Lipinski definition) is 6. The lowest BCUT2D eigenvalue weighted by atomic mass is 9.94. The standard InChI is InChI=1S/C25H17ClF4N6O3/c1-12-5-13(10-31)6-16(25(38)39)15(12)8-21(37)19-7-14(33-36(19)24-17(26)3-2-4-32-24)11-35-20(23(29)30)9-18(34-35)22(27)28/h2-7,9,22-23H,8,11H2,1H3,(H,38,39). The summed E-state index contributed by atoms with van der Waals surface area (Å²) in [5.74, 6) is -1.95. The third-order valence-electron chi connectivity index (χ3n) is 5.74. The Morgan fingerprint density at radius 3 is 2.49 bits per heavy atom. The molecule has 4 rings (SSSR count). The van der Waals surface area contributed by atoms with Crippen LogP contribution in [0.15, 0.2) is 42.6 Å². The maximum absolute atomic E-state index is 13.5. The molecule has 0 atom stereocenters. The van der Waals surface area contributed by atoms with Crippen LogP contribution in [-0.4, -0.2) is 41.4 Å². The second-order valence-electron chi connectivity index (χ2n) is 8.33. The van der Waals surface area contributed by atoms with Crippen LogP contribution < -0.4 is 0 Å². The summed E-state index contributed by atoms with van der Waals surface area (Å²) >= 11 is 6.25. The van der Waals surface area contributed by atoms with Gasteiger partial charge in [-0.15, -0.1) is 0 Å². The van der Waals surface area contributed by atoms with Crippen molar-refractivity contribution in [3.8, 4) is 11.9 Å². The number of aromatic carboxylic acids is 1. The number of nitrogens with zero attached hydrogens (tertiary/aromatic N) is 6. The smallest absolute Gasteiger partial charge is 0.336 e. The third-order valence-corrected chi connectivity index (χ3v) is 6.04. The highest BCUT2D eigenvalue weighted by atomic mass is 35.5. The van der Waals surface area contributed by atoms with Gasteiger partial charge in [0.25, 0.3) is 12.9 Å². The van der Waals surface area contributed by atoms with Crippen molar-refractivity contribution in [2.24, 2.45) is 0 Å². The molecule has 0 aliphatic rings. The second-order valence-corrected chi connectivity index (χ2v) is 8.74. The first kappa shape index (κ1) is 27.5. The van der Waals surface area contributed by atoms with Gasteiger partial charge >= 0.3 is 5.97 Å². The molecule has 14 heteroatoms. The van der Waals surface area contributed by atoms with E-state index >= 15 is 0 Å². The molecule has 0 saturated carbocycles. The summed E-state index contributed by atoms with van der Waals surface area (Å²) < 4.78 is 54.9. The highest BCUT2D eigenvalue weighted by molar-refractivity contribution is 6.32. The average Bonchev–Trinajstić information content (AvgIpc) is 3.50. The summed E-state index contributed by atoms with van der Waals surface area (Å²) in [6.07, 6.45) is -5.23. The fraction of sp³-hybridized carbons (Fsp3) is 0.200. The highest BCUT2D eigenvalue weighted by Crippen LogP contribution is 2.27. The minimum atomic E-state index is -3.10. The van der Waals surface area contributed by atoms with E-state index < -0.39 is 49.0 Å². The lowest BCUT2D eigenvalue weighted by molar-refractivity contribution is 0.0695. The van der Waals surface area contributed by atoms with Gasteiger partial charge in [-0.1, -0.05) is 11.6 Å². The summed E-state index contributed by atoms with van der Waals surface area (Å²) in [5.41, 5.74) is -1.31. The van der Waals surface area contributed by atoms with Crippen molar-refractivity contribution in [1.29, 1.82) is 5.26 Å². The first-order valence-electron chi connectivity index (χ1n) is 11.1. The third kappa shape index (κ3) is 5.65. The van der Waals surface area contributed by atoms with Crippen LogP contribution in [0.1, 0.15) is 67.5 Å². The molecule has 0 spiro atoms. The Balaban J connectivity index is 1.80. The van der Waals surface area contributed by atoms with Crippen LogP contribution in [0.3, 0.4) is 0 Å². The molecule has 0 fully saturated rings. The number of carbonyl (C=O) groups is 2. The number of carboxylic acids is 1. The largest absolute Gasteiger partial charge is 0.478 e. The van der Waals surface area contributed by atoms with E-state index in [2.05, 4.69) is 15.2 Å². The Labute approximate surface area is 222 Å². The number of rotatable bonds is 9. The molecule has 9 nitrogen and oxygen atoms in total. The molecule has 1 aromatic carbocycles. The molecular weight excluding hydrogens is 544 g/mol. The normalized spacial score (nSPS) is 11.3. The molecule has 0 amide bonds. The van der Waals surface area contributed by atoms with Gasteiger partial charge in [0.05, 0.1) is 34.5 Å². The van der Waals surface area contributed by atoms with Crippen molar-refractivity contribution in [2.45, 2.75) is 32.7 Å². The number of hydrogen-bond donors (Lipinski definition) is 1. The van der Waals surface area contributed by atoms with Crippen LogP contribution in [0.25, 0.3) is 5.82 Å². The van der Waals surface area contributed by atoms with E-state index in [9.17, 15) is 37.5 Å². The lowest BCUT2D eigenvalue weighted by Crippen LogP contribution is -2.15. The van der Waals surface area contributed by atoms with Crippen LogP contribution in [0, 0.1) is 18.3 Å². The van der Waals surface area contributed by atoms with E-state index in [1.54, 1.807) is 6.92 Å². The fourth-order valence-corrected chi connectivity index (χ4v) is 4.17. The van der Waals surface area contributed by atoms with Gasteiger partial charge in [-0.25, -0.2) is 32.0 Å². The van der Waals surface area contributed by atoms with Gasteiger partial charge in [0, 0.05) is 12.6 Å². The molecule has 0 radical (unpaired) electrons. The molecule has 1 N–H and O–H groups in total. The van der Waals surface area contributed by atoms with Gasteiger partial charge in [-0.2, -0.15) is 15.5 Å². The molecule has 0 saturated heterocycles. The Kier molecular flexibility index (Phi) is 7.78. The van der Waals surface area contributed by atoms with E-state index in [1.807, 2.05) is 6.07 Å². The number of pyridine rings is 1. The molecule has 200 valence electrons. The van der Waals surface area contributed by atoms with E-state index in [4.69, 9.17) is 11.6 Å². The Morgan fingerprint density at radius 2 is 1.87 bits per heavy atom. The van der Waals surface area contributed by atoms with Crippen molar-refractivity contribution in [1.82, 2.24) is 24.5 Å². The first-order chi connectivity index (χ1) is 18.5. The molecule has 0 bridgehead atoms. The second kappa shape index (κ2) is 11.0. The number of carbonyl (C=O) groups excluding carboxylic acids is 1. The fourth-order valence-electron chi connectivity index (χ4n) is 3.97. The van der Waals surface area contributed by atoms with Crippen molar-refractivity contribution in [3.63, 3.8) is 0 Å². The van der Waals surface area contributed by atoms with Gasteiger partial charge < -0.3 is 5.11 Å². The Hall–Kier alpha value is -4.57. The minimum Gasteiger partial charge on any atom is -0.478 e. The van der Waals surface area contributed by atoms with E-state index in [-0.39, 0.29) is 38.9 Å². The number of alkyl halides is 4. The number of Topliss-reactive ketones (excluding diaryl/α,β-unsaturated/α-hetero) is 1. The zero-order valence-corrected chi connectivity index (χ0v) is 20.7. The number of aromatic nitrogens is 5. The van der Waals surface area contributed by atoms with Crippen molar-refractivity contribution in [2.75, 3.05) is 0 Å². The number of halogens is 5. The molecule has 3 heterocycles. The van der Waals surface area contributed by atoms with Gasteiger partial charge in [0.1, 0.15) is 17.1 Å². The first-order valence-corrected chi connectivity index (χ1v) is 11.5. The molecule has 0 aliphatic heterocycles. The minimum absolute atomic E-state index is 0.000828. The van der Waals surface area contributed by atoms with Gasteiger partial charge in [-0.05, 0) is 54.4 Å². The summed E-state index contributed by atoms with van der Waals surface area (Å²) in [7, 11) is 0. The van der Waals surface area contributed by atoms with Crippen LogP contribution in [0.5, 0.6) is 0 Å². The maximum Gasteiger partial charge on any atom is 0.336 e. The predicted molar refractivity (Wildman–Crippen MR) is 128 cm³/mol. The number of carboxylic acid groups (broad SMARTS) is 1.